The molecular formula is C19H21NO5S2. The number of hydrogen-bond donors (Lipinski definition) is 2. The van der Waals surface area contributed by atoms with Gasteiger partial charge in [0.25, 0.3) is 5.91 Å². The summed E-state index contributed by atoms with van der Waals surface area (Å²) >= 11 is 2.57. The van der Waals surface area contributed by atoms with Crippen LogP contribution in [-0.4, -0.2) is 38.5 Å². The predicted molar refractivity (Wildman–Crippen MR) is 103 cm³/mol. The van der Waals surface area contributed by atoms with Crippen LogP contribution in [0.15, 0.2) is 35.0 Å². The Labute approximate surface area is 165 Å². The molecule has 1 aliphatic rings. The maximum atomic E-state index is 13.4. The van der Waals surface area contributed by atoms with Crippen molar-refractivity contribution in [1.82, 2.24) is 4.90 Å². The topological polar surface area (TPSA) is 94.9 Å². The van der Waals surface area contributed by atoms with Crippen LogP contribution in [0.4, 0.5) is 0 Å². The van der Waals surface area contributed by atoms with Crippen LogP contribution >= 0.6 is 22.7 Å². The molecule has 6 nitrogen and oxygen atoms in total. The third-order valence-electron chi connectivity index (χ3n) is 4.92. The van der Waals surface area contributed by atoms with Crippen molar-refractivity contribution in [3.8, 4) is 0 Å². The number of thiophene rings is 2. The van der Waals surface area contributed by atoms with Crippen molar-refractivity contribution in [2.24, 2.45) is 11.8 Å². The van der Waals surface area contributed by atoms with E-state index in [1.54, 1.807) is 29.6 Å². The van der Waals surface area contributed by atoms with Crippen LogP contribution in [0.2, 0.25) is 0 Å². The average Bonchev–Trinajstić information content (AvgIpc) is 3.33. The Morgan fingerprint density at radius 1 is 1.19 bits per heavy atom. The first-order valence-electron chi connectivity index (χ1n) is 8.64. The van der Waals surface area contributed by atoms with Crippen molar-refractivity contribution >= 4 is 40.5 Å². The van der Waals surface area contributed by atoms with Crippen LogP contribution in [0.1, 0.15) is 47.3 Å². The zero-order valence-corrected chi connectivity index (χ0v) is 16.6. The van der Waals surface area contributed by atoms with Gasteiger partial charge >= 0.3 is 11.9 Å². The smallest absolute Gasteiger partial charge is 0.329 e. The van der Waals surface area contributed by atoms with Gasteiger partial charge in [0.05, 0.1) is 16.8 Å². The summed E-state index contributed by atoms with van der Waals surface area (Å²) in [4.78, 5) is 40.3. The average molecular weight is 408 g/mol. The first-order chi connectivity index (χ1) is 12.8. The van der Waals surface area contributed by atoms with Gasteiger partial charge in [-0.3, -0.25) is 9.59 Å². The summed E-state index contributed by atoms with van der Waals surface area (Å²) in [5.41, 5.74) is -1.55. The first-order valence-corrected chi connectivity index (χ1v) is 10.4. The van der Waals surface area contributed by atoms with Crippen molar-refractivity contribution in [3.63, 3.8) is 0 Å². The Balaban J connectivity index is 2.20. The molecule has 3 atom stereocenters. The summed E-state index contributed by atoms with van der Waals surface area (Å²) in [5.74, 6) is -3.63. The Morgan fingerprint density at radius 2 is 1.85 bits per heavy atom. The number of carboxylic acid groups (broad SMARTS) is 2. The molecule has 0 saturated carbocycles. The highest BCUT2D eigenvalue weighted by Crippen LogP contribution is 2.51. The second-order valence-electron chi connectivity index (χ2n) is 7.20. The summed E-state index contributed by atoms with van der Waals surface area (Å²) in [6.45, 7) is 3.76. The second kappa shape index (κ2) is 7.44. The van der Waals surface area contributed by atoms with Crippen LogP contribution in [0.3, 0.4) is 0 Å². The van der Waals surface area contributed by atoms with Crippen molar-refractivity contribution in [3.05, 3.63) is 44.8 Å². The van der Waals surface area contributed by atoms with Gasteiger partial charge in [-0.15, -0.1) is 22.7 Å². The van der Waals surface area contributed by atoms with Crippen molar-refractivity contribution in [1.29, 1.82) is 0 Å². The highest BCUT2D eigenvalue weighted by atomic mass is 32.1. The molecule has 8 heteroatoms. The molecule has 0 bridgehead atoms. The number of carbonyl (C=O) groups is 3. The SMILES string of the molecule is CC(C)CC1(C(=O)O)CC(C(=O)O)C(c2cccs2)N1C(=O)c1cccs1. The molecule has 2 aromatic rings. The maximum absolute atomic E-state index is 13.4. The van der Waals surface area contributed by atoms with E-state index in [-0.39, 0.29) is 18.8 Å². The monoisotopic (exact) mass is 407 g/mol. The summed E-state index contributed by atoms with van der Waals surface area (Å²) in [6, 6.07) is 6.14. The largest absolute Gasteiger partial charge is 0.481 e. The number of carboxylic acids is 2. The molecule has 0 aromatic carbocycles. The Bertz CT molecular complexity index is 830. The zero-order chi connectivity index (χ0) is 19.8. The van der Waals surface area contributed by atoms with E-state index >= 15 is 0 Å². The van der Waals surface area contributed by atoms with E-state index in [4.69, 9.17) is 0 Å². The van der Waals surface area contributed by atoms with Crippen LogP contribution in [0.25, 0.3) is 0 Å². The third kappa shape index (κ3) is 3.39. The fourth-order valence-electron chi connectivity index (χ4n) is 4.00. The summed E-state index contributed by atoms with van der Waals surface area (Å²) in [7, 11) is 0. The molecule has 1 aliphatic heterocycles. The molecule has 1 fully saturated rings. The molecule has 0 aliphatic carbocycles. The fourth-order valence-corrected chi connectivity index (χ4v) is 5.54. The van der Waals surface area contributed by atoms with Crippen molar-refractivity contribution in [2.75, 3.05) is 0 Å². The number of rotatable bonds is 6. The lowest BCUT2D eigenvalue weighted by Gasteiger charge is -2.38. The molecule has 27 heavy (non-hydrogen) atoms. The number of carbonyl (C=O) groups excluding carboxylic acids is 1. The van der Waals surface area contributed by atoms with E-state index < -0.39 is 35.3 Å². The summed E-state index contributed by atoms with van der Waals surface area (Å²) < 4.78 is 0. The molecule has 1 amide bonds. The van der Waals surface area contributed by atoms with Crippen LogP contribution in [0.5, 0.6) is 0 Å². The first kappa shape index (κ1) is 19.6. The predicted octanol–water partition coefficient (Wildman–Crippen LogP) is 3.97. The Hall–Kier alpha value is -2.19. The molecule has 3 rings (SSSR count). The van der Waals surface area contributed by atoms with E-state index in [9.17, 15) is 24.6 Å². The van der Waals surface area contributed by atoms with Crippen molar-refractivity contribution in [2.45, 2.75) is 38.3 Å². The molecule has 2 aromatic heterocycles. The minimum atomic E-state index is -1.55. The van der Waals surface area contributed by atoms with Gasteiger partial charge in [0, 0.05) is 4.88 Å². The van der Waals surface area contributed by atoms with E-state index in [0.717, 1.165) is 0 Å². The van der Waals surface area contributed by atoms with E-state index in [1.807, 2.05) is 19.2 Å². The molecule has 0 spiro atoms. The van der Waals surface area contributed by atoms with Crippen molar-refractivity contribution < 1.29 is 24.6 Å². The lowest BCUT2D eigenvalue weighted by atomic mass is 9.83. The maximum Gasteiger partial charge on any atom is 0.329 e. The summed E-state index contributed by atoms with van der Waals surface area (Å²) in [5, 5.41) is 23.6. The van der Waals surface area contributed by atoms with Gasteiger partial charge in [-0.1, -0.05) is 26.0 Å². The van der Waals surface area contributed by atoms with Gasteiger partial charge in [-0.2, -0.15) is 0 Å². The molecule has 2 N–H and O–H groups in total. The number of amides is 1. The lowest BCUT2D eigenvalue weighted by molar-refractivity contribution is -0.150. The normalized spacial score (nSPS) is 25.1. The van der Waals surface area contributed by atoms with Gasteiger partial charge in [-0.05, 0) is 41.7 Å². The van der Waals surface area contributed by atoms with Crippen LogP contribution < -0.4 is 0 Å². The zero-order valence-electron chi connectivity index (χ0n) is 15.0. The number of likely N-dealkylation sites (tertiary alicyclic amines) is 1. The number of hydrogen-bond acceptors (Lipinski definition) is 5. The third-order valence-corrected chi connectivity index (χ3v) is 6.73. The molecule has 0 radical (unpaired) electrons. The molecular weight excluding hydrogens is 386 g/mol. The van der Waals surface area contributed by atoms with Gasteiger partial charge in [-0.25, -0.2) is 4.79 Å². The minimum absolute atomic E-state index is 0.0173. The molecule has 1 saturated heterocycles. The fraction of sp³-hybridized carbons (Fsp3) is 0.421. The lowest BCUT2D eigenvalue weighted by Crippen LogP contribution is -2.54. The molecule has 3 unspecified atom stereocenters. The van der Waals surface area contributed by atoms with Gasteiger partial charge in [0.1, 0.15) is 5.54 Å². The second-order valence-corrected chi connectivity index (χ2v) is 9.12. The van der Waals surface area contributed by atoms with Gasteiger partial charge in [0.15, 0.2) is 0 Å². The van der Waals surface area contributed by atoms with E-state index in [0.29, 0.717) is 9.75 Å². The summed E-state index contributed by atoms with van der Waals surface area (Å²) in [6.07, 6.45) is 0.0978. The quantitative estimate of drug-likeness (QED) is 0.756. The highest BCUT2D eigenvalue weighted by Gasteiger charge is 2.61. The number of nitrogens with zero attached hydrogens (tertiary/aromatic N) is 1. The minimum Gasteiger partial charge on any atom is -0.481 e. The van der Waals surface area contributed by atoms with Gasteiger partial charge < -0.3 is 15.1 Å². The van der Waals surface area contributed by atoms with Gasteiger partial charge in [0.2, 0.25) is 0 Å². The highest BCUT2D eigenvalue weighted by molar-refractivity contribution is 7.12. The Kier molecular flexibility index (Phi) is 5.39. The Morgan fingerprint density at radius 3 is 2.33 bits per heavy atom. The van der Waals surface area contributed by atoms with E-state index in [2.05, 4.69) is 0 Å². The van der Waals surface area contributed by atoms with Crippen LogP contribution in [-0.2, 0) is 9.59 Å². The van der Waals surface area contributed by atoms with Crippen LogP contribution in [0, 0.1) is 11.8 Å². The molecule has 3 heterocycles. The standard InChI is InChI=1S/C19H21NO5S2/c1-11(2)9-19(18(24)25)10-12(17(22)23)15(13-5-3-7-26-13)20(19)16(21)14-6-4-8-27-14/h3-8,11-12,15H,9-10H2,1-2H3,(H,22,23)(H,24,25). The van der Waals surface area contributed by atoms with E-state index in [1.165, 1.54) is 27.6 Å². The number of aliphatic carboxylic acids is 2. The molecule has 144 valence electrons.